The maximum Gasteiger partial charge on any atom is 0.272 e. The van der Waals surface area contributed by atoms with Crippen LogP contribution in [0.15, 0.2) is 30.3 Å². The van der Waals surface area contributed by atoms with Crippen LogP contribution in [0.1, 0.15) is 72.5 Å². The third-order valence-electron chi connectivity index (χ3n) is 7.32. The summed E-state index contributed by atoms with van der Waals surface area (Å²) in [6.07, 6.45) is 5.63. The number of nitrogens with zero attached hydrogens (tertiary/aromatic N) is 3. The van der Waals surface area contributed by atoms with Gasteiger partial charge < -0.3 is 19.7 Å². The first kappa shape index (κ1) is 26.2. The highest BCUT2D eigenvalue weighted by atomic mass is 16.5. The zero-order valence-electron chi connectivity index (χ0n) is 21.9. The first-order chi connectivity index (χ1) is 17.4. The number of carbonyl (C=O) groups is 2. The van der Waals surface area contributed by atoms with Crippen LogP contribution in [0.5, 0.6) is 5.75 Å². The highest BCUT2D eigenvalue weighted by molar-refractivity contribution is 5.96. The van der Waals surface area contributed by atoms with Gasteiger partial charge in [-0.3, -0.25) is 14.3 Å². The lowest BCUT2D eigenvalue weighted by Crippen LogP contribution is -2.46. The van der Waals surface area contributed by atoms with Gasteiger partial charge in [0, 0.05) is 38.7 Å². The van der Waals surface area contributed by atoms with Crippen LogP contribution in [-0.4, -0.2) is 65.9 Å². The predicted octanol–water partition coefficient (Wildman–Crippen LogP) is 3.85. The van der Waals surface area contributed by atoms with Crippen molar-refractivity contribution in [1.82, 2.24) is 20.0 Å². The van der Waals surface area contributed by atoms with E-state index in [2.05, 4.69) is 24.3 Å². The second-order valence-corrected chi connectivity index (χ2v) is 10.6. The quantitative estimate of drug-likeness (QED) is 0.698. The van der Waals surface area contributed by atoms with Crippen molar-refractivity contribution in [2.24, 2.45) is 18.4 Å². The molecule has 3 heterocycles. The van der Waals surface area contributed by atoms with E-state index in [1.807, 2.05) is 36.2 Å². The van der Waals surface area contributed by atoms with Crippen LogP contribution >= 0.6 is 0 Å². The van der Waals surface area contributed by atoms with Gasteiger partial charge in [0.1, 0.15) is 11.4 Å². The molecule has 2 amide bonds. The van der Waals surface area contributed by atoms with E-state index in [-0.39, 0.29) is 17.2 Å². The molecule has 0 atom stereocenters. The molecule has 8 nitrogen and oxygen atoms in total. The van der Waals surface area contributed by atoms with Gasteiger partial charge in [-0.05, 0) is 56.2 Å². The van der Waals surface area contributed by atoms with Gasteiger partial charge in [0.25, 0.3) is 11.8 Å². The van der Waals surface area contributed by atoms with Gasteiger partial charge in [-0.2, -0.15) is 5.10 Å². The van der Waals surface area contributed by atoms with Crippen LogP contribution in [0.2, 0.25) is 0 Å². The average molecular weight is 497 g/mol. The number of aryl methyl sites for hydroxylation is 1. The van der Waals surface area contributed by atoms with Crippen molar-refractivity contribution in [3.63, 3.8) is 0 Å². The number of nitrogens with one attached hydrogen (secondary N) is 1. The molecule has 1 aromatic carbocycles. The molecular formula is C28H40N4O4. The molecule has 36 heavy (non-hydrogen) atoms. The van der Waals surface area contributed by atoms with E-state index in [0.717, 1.165) is 44.2 Å². The maximum atomic E-state index is 13.3. The molecule has 1 N–H and O–H groups in total. The molecule has 0 unspecified atom stereocenters. The second kappa shape index (κ2) is 11.9. The van der Waals surface area contributed by atoms with Crippen molar-refractivity contribution in [1.29, 1.82) is 0 Å². The molecule has 1 saturated heterocycles. The molecule has 8 heteroatoms. The van der Waals surface area contributed by atoms with E-state index in [1.165, 1.54) is 0 Å². The van der Waals surface area contributed by atoms with Crippen molar-refractivity contribution in [2.45, 2.75) is 52.4 Å². The van der Waals surface area contributed by atoms with E-state index in [1.54, 1.807) is 10.7 Å². The normalized spacial score (nSPS) is 19.3. The van der Waals surface area contributed by atoms with E-state index >= 15 is 0 Å². The van der Waals surface area contributed by atoms with Crippen LogP contribution in [0.4, 0.5) is 0 Å². The van der Waals surface area contributed by atoms with Gasteiger partial charge in [-0.1, -0.05) is 32.4 Å². The number of fused-ring (bicyclic) bond motifs is 1. The average Bonchev–Trinajstić information content (AvgIpc) is 3.23. The van der Waals surface area contributed by atoms with Gasteiger partial charge in [0.15, 0.2) is 0 Å². The summed E-state index contributed by atoms with van der Waals surface area (Å²) in [5, 5.41) is 7.47. The number of aromatic nitrogens is 2. The van der Waals surface area contributed by atoms with Crippen LogP contribution in [0, 0.1) is 11.3 Å². The summed E-state index contributed by atoms with van der Waals surface area (Å²) in [7, 11) is 1.85. The van der Waals surface area contributed by atoms with E-state index < -0.39 is 0 Å². The Morgan fingerprint density at radius 2 is 1.92 bits per heavy atom. The minimum atomic E-state index is -0.145. The molecule has 1 aromatic heterocycles. The summed E-state index contributed by atoms with van der Waals surface area (Å²) < 4.78 is 13.8. The fourth-order valence-electron chi connectivity index (χ4n) is 5.21. The number of piperidine rings is 1. The van der Waals surface area contributed by atoms with Crippen molar-refractivity contribution in [3.8, 4) is 5.75 Å². The molecule has 0 saturated carbocycles. The number of amides is 2. The number of para-hydroxylation sites is 1. The summed E-state index contributed by atoms with van der Waals surface area (Å²) in [6, 6.07) is 9.35. The number of hydrogen-bond acceptors (Lipinski definition) is 5. The maximum absolute atomic E-state index is 13.3. The summed E-state index contributed by atoms with van der Waals surface area (Å²) >= 11 is 0. The summed E-state index contributed by atoms with van der Waals surface area (Å²) in [5.41, 5.74) is 2.13. The molecule has 0 aliphatic carbocycles. The topological polar surface area (TPSA) is 85.7 Å². The Bertz CT molecular complexity index is 1040. The van der Waals surface area contributed by atoms with Crippen molar-refractivity contribution >= 4 is 11.8 Å². The third kappa shape index (κ3) is 6.46. The van der Waals surface area contributed by atoms with Crippen molar-refractivity contribution in [3.05, 3.63) is 47.3 Å². The fraction of sp³-hybridized carbons (Fsp3) is 0.607. The molecule has 1 fully saturated rings. The molecule has 0 radical (unpaired) electrons. The Balaban J connectivity index is 1.46. The lowest BCUT2D eigenvalue weighted by atomic mass is 9.75. The molecular weight excluding hydrogens is 456 g/mol. The van der Waals surface area contributed by atoms with Crippen LogP contribution < -0.4 is 10.1 Å². The zero-order valence-corrected chi connectivity index (χ0v) is 21.9. The minimum Gasteiger partial charge on any atom is -0.492 e. The van der Waals surface area contributed by atoms with Gasteiger partial charge in [0.05, 0.1) is 24.5 Å². The Hall–Kier alpha value is -2.87. The number of benzene rings is 1. The van der Waals surface area contributed by atoms with Crippen molar-refractivity contribution in [2.75, 3.05) is 39.5 Å². The van der Waals surface area contributed by atoms with E-state index in [9.17, 15) is 9.59 Å². The first-order valence-electron chi connectivity index (χ1n) is 13.3. The highest BCUT2D eigenvalue weighted by Crippen LogP contribution is 2.38. The van der Waals surface area contributed by atoms with E-state index in [0.29, 0.717) is 62.4 Å². The third-order valence-corrected chi connectivity index (χ3v) is 7.32. The summed E-state index contributed by atoms with van der Waals surface area (Å²) in [5.74, 6) is 1.01. The Morgan fingerprint density at radius 1 is 1.14 bits per heavy atom. The Labute approximate surface area is 214 Å². The van der Waals surface area contributed by atoms with Crippen LogP contribution in [0.25, 0.3) is 0 Å². The predicted molar refractivity (Wildman–Crippen MR) is 138 cm³/mol. The van der Waals surface area contributed by atoms with Crippen LogP contribution in [-0.2, 0) is 18.2 Å². The fourth-order valence-corrected chi connectivity index (χ4v) is 5.21. The Morgan fingerprint density at radius 3 is 2.69 bits per heavy atom. The zero-order chi connectivity index (χ0) is 25.5. The van der Waals surface area contributed by atoms with Gasteiger partial charge >= 0.3 is 0 Å². The summed E-state index contributed by atoms with van der Waals surface area (Å²) in [4.78, 5) is 28.0. The highest BCUT2D eigenvalue weighted by Gasteiger charge is 2.37. The minimum absolute atomic E-state index is 0.0419. The smallest absolute Gasteiger partial charge is 0.272 e. The number of likely N-dealkylation sites (tertiary alicyclic amines) is 1. The lowest BCUT2D eigenvalue weighted by Gasteiger charge is -2.42. The molecule has 0 bridgehead atoms. The van der Waals surface area contributed by atoms with Gasteiger partial charge in [0.2, 0.25) is 0 Å². The molecule has 2 aromatic rings. The molecule has 4 rings (SSSR count). The largest absolute Gasteiger partial charge is 0.492 e. The Kier molecular flexibility index (Phi) is 8.67. The molecule has 2 aliphatic rings. The number of rotatable bonds is 3. The van der Waals surface area contributed by atoms with E-state index in [4.69, 9.17) is 9.47 Å². The lowest BCUT2D eigenvalue weighted by molar-refractivity contribution is 0.0334. The van der Waals surface area contributed by atoms with Crippen LogP contribution in [0.3, 0.4) is 0 Å². The molecule has 196 valence electrons. The van der Waals surface area contributed by atoms with Gasteiger partial charge in [-0.15, -0.1) is 0 Å². The first-order valence-corrected chi connectivity index (χ1v) is 13.3. The number of hydrogen-bond donors (Lipinski definition) is 1. The SMILES string of the molecule is CC(C)Cc1cc(C(=O)N2CCC3(CCCCOCCNC(=O)c4ccccc4OC3)CC2)n(C)n1. The second-order valence-electron chi connectivity index (χ2n) is 10.6. The number of carbonyl (C=O) groups excluding carboxylic acids is 2. The molecule has 1 spiro atoms. The standard InChI is InChI=1S/C28H40N4O4/c1-21(2)18-22-19-24(31(3)30-22)27(34)32-14-11-28(12-15-32)10-6-7-16-35-17-13-29-26(33)23-8-4-5-9-25(23)36-20-28/h4-5,8-9,19,21H,6-7,10-18,20H2,1-3H3,(H,29,33). The number of ether oxygens (including phenoxy) is 2. The van der Waals surface area contributed by atoms with Crippen molar-refractivity contribution < 1.29 is 19.1 Å². The molecule has 2 aliphatic heterocycles. The van der Waals surface area contributed by atoms with Gasteiger partial charge in [-0.25, -0.2) is 0 Å². The summed E-state index contributed by atoms with van der Waals surface area (Å²) in [6.45, 7) is 7.89. The monoisotopic (exact) mass is 496 g/mol.